The first-order valence-corrected chi connectivity index (χ1v) is 8.57. The molecule has 0 saturated carbocycles. The van der Waals surface area contributed by atoms with E-state index in [1.54, 1.807) is 32.0 Å². The number of ether oxygens (including phenoxy) is 3. The average molecular weight is 351 g/mol. The third-order valence-electron chi connectivity index (χ3n) is 3.91. The van der Waals surface area contributed by atoms with Crippen molar-refractivity contribution in [2.75, 3.05) is 25.6 Å². The molecule has 25 heavy (non-hydrogen) atoms. The zero-order chi connectivity index (χ0) is 19.0. The standard InChI is InChI=1S/C19H29NO5/c1-7-19(5,23-6)18(22)20-14-9-10-16(25-12-13(3)4)15(11-14)17(21)24-8-2/h9-11,13H,7-8,12H2,1-6H3,(H,20,22). The van der Waals surface area contributed by atoms with E-state index in [0.717, 1.165) is 0 Å². The van der Waals surface area contributed by atoms with Crippen molar-refractivity contribution < 1.29 is 23.8 Å². The van der Waals surface area contributed by atoms with Crippen LogP contribution in [0.1, 0.15) is 51.4 Å². The van der Waals surface area contributed by atoms with Gasteiger partial charge in [-0.05, 0) is 44.4 Å². The predicted molar refractivity (Wildman–Crippen MR) is 97.1 cm³/mol. The Morgan fingerprint density at radius 2 is 1.92 bits per heavy atom. The summed E-state index contributed by atoms with van der Waals surface area (Å²) in [5, 5.41) is 2.79. The Morgan fingerprint density at radius 1 is 1.24 bits per heavy atom. The van der Waals surface area contributed by atoms with E-state index in [4.69, 9.17) is 14.2 Å². The Hall–Kier alpha value is -2.08. The summed E-state index contributed by atoms with van der Waals surface area (Å²) in [5.41, 5.74) is -0.158. The summed E-state index contributed by atoms with van der Waals surface area (Å²) in [6.07, 6.45) is 0.523. The van der Waals surface area contributed by atoms with Gasteiger partial charge in [0.25, 0.3) is 5.91 Å². The highest BCUT2D eigenvalue weighted by Crippen LogP contribution is 2.26. The van der Waals surface area contributed by atoms with Crippen LogP contribution in [0.25, 0.3) is 0 Å². The van der Waals surface area contributed by atoms with Gasteiger partial charge in [-0.2, -0.15) is 0 Å². The molecule has 0 saturated heterocycles. The molecule has 1 aromatic rings. The quantitative estimate of drug-likeness (QED) is 0.688. The number of esters is 1. The summed E-state index contributed by atoms with van der Waals surface area (Å²) in [6, 6.07) is 4.93. The van der Waals surface area contributed by atoms with Crippen LogP contribution in [-0.4, -0.2) is 37.8 Å². The first kappa shape index (κ1) is 21.0. The zero-order valence-electron chi connectivity index (χ0n) is 16.0. The summed E-state index contributed by atoms with van der Waals surface area (Å²) in [7, 11) is 1.50. The van der Waals surface area contributed by atoms with Crippen molar-refractivity contribution in [2.45, 2.75) is 46.6 Å². The topological polar surface area (TPSA) is 73.9 Å². The van der Waals surface area contributed by atoms with Crippen molar-refractivity contribution in [3.05, 3.63) is 23.8 Å². The highest BCUT2D eigenvalue weighted by Gasteiger charge is 2.31. The van der Waals surface area contributed by atoms with Gasteiger partial charge in [-0.15, -0.1) is 0 Å². The highest BCUT2D eigenvalue weighted by molar-refractivity contribution is 5.99. The minimum absolute atomic E-state index is 0.261. The van der Waals surface area contributed by atoms with Crippen LogP contribution in [-0.2, 0) is 14.3 Å². The summed E-state index contributed by atoms with van der Waals surface area (Å²) in [6.45, 7) is 10.1. The molecule has 1 rings (SSSR count). The maximum Gasteiger partial charge on any atom is 0.341 e. The Bertz CT molecular complexity index is 593. The van der Waals surface area contributed by atoms with Gasteiger partial charge < -0.3 is 19.5 Å². The Morgan fingerprint density at radius 3 is 2.44 bits per heavy atom. The van der Waals surface area contributed by atoms with E-state index in [1.165, 1.54) is 7.11 Å². The summed E-state index contributed by atoms with van der Waals surface area (Å²) >= 11 is 0. The lowest BCUT2D eigenvalue weighted by molar-refractivity contribution is -0.136. The van der Waals surface area contributed by atoms with Crippen molar-refractivity contribution >= 4 is 17.6 Å². The molecule has 0 radical (unpaired) electrons. The van der Waals surface area contributed by atoms with E-state index < -0.39 is 11.6 Å². The van der Waals surface area contributed by atoms with Crippen LogP contribution < -0.4 is 10.1 Å². The molecule has 0 aliphatic rings. The second kappa shape index (κ2) is 9.42. The van der Waals surface area contributed by atoms with E-state index in [9.17, 15) is 9.59 Å². The summed E-state index contributed by atoms with van der Waals surface area (Å²) < 4.78 is 16.1. The van der Waals surface area contributed by atoms with E-state index >= 15 is 0 Å². The van der Waals surface area contributed by atoms with Crippen LogP contribution in [0.15, 0.2) is 18.2 Å². The number of hydrogen-bond donors (Lipinski definition) is 1. The largest absolute Gasteiger partial charge is 0.492 e. The van der Waals surface area contributed by atoms with E-state index in [-0.39, 0.29) is 18.1 Å². The second-order valence-corrected chi connectivity index (χ2v) is 6.38. The molecule has 0 spiro atoms. The molecule has 0 aliphatic heterocycles. The Labute approximate surface area is 149 Å². The predicted octanol–water partition coefficient (Wildman–Crippen LogP) is 3.65. The van der Waals surface area contributed by atoms with Crippen molar-refractivity contribution in [3.63, 3.8) is 0 Å². The Balaban J connectivity index is 3.08. The SMILES string of the molecule is CCOC(=O)c1cc(NC(=O)C(C)(CC)OC)ccc1OCC(C)C. The molecule has 6 heteroatoms. The van der Waals surface area contributed by atoms with E-state index in [1.807, 2.05) is 20.8 Å². The van der Waals surface area contributed by atoms with Gasteiger partial charge in [-0.1, -0.05) is 20.8 Å². The number of benzene rings is 1. The van der Waals surface area contributed by atoms with E-state index in [0.29, 0.717) is 30.4 Å². The van der Waals surface area contributed by atoms with Crippen LogP contribution in [0.2, 0.25) is 0 Å². The molecule has 0 bridgehead atoms. The number of carbonyl (C=O) groups is 2. The molecule has 0 heterocycles. The van der Waals surface area contributed by atoms with Crippen LogP contribution in [0.5, 0.6) is 5.75 Å². The number of methoxy groups -OCH3 is 1. The first-order chi connectivity index (χ1) is 11.8. The average Bonchev–Trinajstić information content (AvgIpc) is 2.59. The van der Waals surface area contributed by atoms with Crippen LogP contribution in [0, 0.1) is 5.92 Å². The van der Waals surface area contributed by atoms with Crippen molar-refractivity contribution in [1.29, 1.82) is 0 Å². The van der Waals surface area contributed by atoms with Gasteiger partial charge in [0.05, 0.1) is 13.2 Å². The second-order valence-electron chi connectivity index (χ2n) is 6.38. The van der Waals surface area contributed by atoms with E-state index in [2.05, 4.69) is 5.32 Å². The third kappa shape index (κ3) is 5.74. The number of nitrogens with one attached hydrogen (secondary N) is 1. The van der Waals surface area contributed by atoms with Gasteiger partial charge in [0, 0.05) is 12.8 Å². The molecule has 0 aromatic heterocycles. The third-order valence-corrected chi connectivity index (χ3v) is 3.91. The molecule has 6 nitrogen and oxygen atoms in total. The molecule has 1 unspecified atom stereocenters. The Kier molecular flexibility index (Phi) is 7.90. The fourth-order valence-electron chi connectivity index (χ4n) is 2.02. The number of amides is 1. The van der Waals surface area contributed by atoms with Gasteiger partial charge in [0.2, 0.25) is 0 Å². The highest BCUT2D eigenvalue weighted by atomic mass is 16.5. The molecular weight excluding hydrogens is 322 g/mol. The van der Waals surface area contributed by atoms with Crippen molar-refractivity contribution in [1.82, 2.24) is 0 Å². The molecule has 140 valence electrons. The molecular formula is C19H29NO5. The number of carbonyl (C=O) groups excluding carboxylic acids is 2. The zero-order valence-corrected chi connectivity index (χ0v) is 16.0. The minimum Gasteiger partial charge on any atom is -0.492 e. The molecule has 0 aliphatic carbocycles. The lowest BCUT2D eigenvalue weighted by atomic mass is 10.0. The minimum atomic E-state index is -0.934. The van der Waals surface area contributed by atoms with Gasteiger partial charge in [0.1, 0.15) is 16.9 Å². The molecule has 1 atom stereocenters. The smallest absolute Gasteiger partial charge is 0.341 e. The van der Waals surface area contributed by atoms with Crippen molar-refractivity contribution in [3.8, 4) is 5.75 Å². The van der Waals surface area contributed by atoms with Gasteiger partial charge in [-0.3, -0.25) is 4.79 Å². The van der Waals surface area contributed by atoms with Gasteiger partial charge in [0.15, 0.2) is 0 Å². The maximum absolute atomic E-state index is 12.4. The fraction of sp³-hybridized carbons (Fsp3) is 0.579. The molecule has 1 N–H and O–H groups in total. The first-order valence-electron chi connectivity index (χ1n) is 8.57. The van der Waals surface area contributed by atoms with Gasteiger partial charge in [-0.25, -0.2) is 4.79 Å². The van der Waals surface area contributed by atoms with Crippen molar-refractivity contribution in [2.24, 2.45) is 5.92 Å². The maximum atomic E-state index is 12.4. The molecule has 0 fully saturated rings. The number of anilines is 1. The van der Waals surface area contributed by atoms with Crippen LogP contribution in [0.4, 0.5) is 5.69 Å². The monoisotopic (exact) mass is 351 g/mol. The van der Waals surface area contributed by atoms with Gasteiger partial charge >= 0.3 is 5.97 Å². The number of rotatable bonds is 9. The lowest BCUT2D eigenvalue weighted by Crippen LogP contribution is -2.41. The normalized spacial score (nSPS) is 13.2. The number of hydrogen-bond acceptors (Lipinski definition) is 5. The fourth-order valence-corrected chi connectivity index (χ4v) is 2.02. The summed E-state index contributed by atoms with van der Waals surface area (Å²) in [4.78, 5) is 24.6. The van der Waals surface area contributed by atoms with Crippen LogP contribution in [0.3, 0.4) is 0 Å². The molecule has 1 amide bonds. The summed E-state index contributed by atoms with van der Waals surface area (Å²) in [5.74, 6) is 0.00189. The molecule has 1 aromatic carbocycles. The van der Waals surface area contributed by atoms with Crippen LogP contribution >= 0.6 is 0 Å². The lowest BCUT2D eigenvalue weighted by Gasteiger charge is -2.25.